The normalized spacial score (nSPS) is 12.4. The molecule has 0 radical (unpaired) electrons. The fraction of sp³-hybridized carbons (Fsp3) is 0.438. The zero-order chi connectivity index (χ0) is 18.5. The Bertz CT molecular complexity index is 622. The summed E-state index contributed by atoms with van der Waals surface area (Å²) >= 11 is 5.68. The van der Waals surface area contributed by atoms with Crippen molar-refractivity contribution in [2.75, 3.05) is 0 Å². The molecular formula is C16H19ClFNO5. The lowest BCUT2D eigenvalue weighted by Gasteiger charge is -2.21. The summed E-state index contributed by atoms with van der Waals surface area (Å²) in [6.45, 7) is 4.92. The predicted octanol–water partition coefficient (Wildman–Crippen LogP) is 3.42. The molecular weight excluding hydrogens is 341 g/mol. The van der Waals surface area contributed by atoms with Crippen LogP contribution in [0.25, 0.3) is 0 Å². The molecule has 0 aromatic heterocycles. The van der Waals surface area contributed by atoms with Crippen LogP contribution < -0.4 is 5.32 Å². The lowest BCUT2D eigenvalue weighted by molar-refractivity contribution is -0.139. The van der Waals surface area contributed by atoms with Crippen molar-refractivity contribution in [3.63, 3.8) is 0 Å². The van der Waals surface area contributed by atoms with Crippen LogP contribution >= 0.6 is 11.6 Å². The van der Waals surface area contributed by atoms with Crippen LogP contribution in [0, 0.1) is 5.82 Å². The number of ketones is 1. The number of alkyl carbamates (subject to hydrolysis) is 1. The molecule has 0 saturated heterocycles. The highest BCUT2D eigenvalue weighted by molar-refractivity contribution is 6.31. The average Bonchev–Trinajstić information content (AvgIpc) is 2.39. The number of rotatable bonds is 6. The van der Waals surface area contributed by atoms with Gasteiger partial charge in [0.25, 0.3) is 0 Å². The van der Waals surface area contributed by atoms with Gasteiger partial charge >= 0.3 is 12.1 Å². The van der Waals surface area contributed by atoms with Gasteiger partial charge in [-0.25, -0.2) is 14.0 Å². The van der Waals surface area contributed by atoms with E-state index in [-0.39, 0.29) is 23.4 Å². The first-order chi connectivity index (χ1) is 11.0. The highest BCUT2D eigenvalue weighted by atomic mass is 35.5. The monoisotopic (exact) mass is 359 g/mol. The first-order valence-corrected chi connectivity index (χ1v) is 7.57. The Morgan fingerprint density at radius 1 is 1.29 bits per heavy atom. The minimum absolute atomic E-state index is 0.0430. The van der Waals surface area contributed by atoms with Crippen molar-refractivity contribution in [3.05, 3.63) is 34.6 Å². The number of benzene rings is 1. The second-order valence-corrected chi connectivity index (χ2v) is 6.59. The van der Waals surface area contributed by atoms with Crippen LogP contribution in [0.1, 0.15) is 44.0 Å². The van der Waals surface area contributed by atoms with E-state index in [9.17, 15) is 18.8 Å². The zero-order valence-electron chi connectivity index (χ0n) is 13.6. The summed E-state index contributed by atoms with van der Waals surface area (Å²) in [6.07, 6.45) is -1.26. The number of nitrogens with one attached hydrogen (secondary N) is 1. The van der Waals surface area contributed by atoms with Crippen LogP contribution in [-0.4, -0.2) is 34.6 Å². The average molecular weight is 360 g/mol. The third kappa shape index (κ3) is 6.95. The van der Waals surface area contributed by atoms with Crippen molar-refractivity contribution in [2.45, 2.75) is 45.3 Å². The summed E-state index contributed by atoms with van der Waals surface area (Å²) < 4.78 is 18.2. The molecule has 1 aromatic carbocycles. The van der Waals surface area contributed by atoms with Crippen molar-refractivity contribution in [1.29, 1.82) is 0 Å². The van der Waals surface area contributed by atoms with E-state index in [1.807, 2.05) is 0 Å². The maximum Gasteiger partial charge on any atom is 0.408 e. The van der Waals surface area contributed by atoms with E-state index in [1.165, 1.54) is 6.07 Å². The molecule has 0 aliphatic carbocycles. The quantitative estimate of drug-likeness (QED) is 0.759. The Kier molecular flexibility index (Phi) is 6.71. The van der Waals surface area contributed by atoms with E-state index < -0.39 is 35.3 Å². The van der Waals surface area contributed by atoms with E-state index in [0.29, 0.717) is 0 Å². The summed E-state index contributed by atoms with van der Waals surface area (Å²) in [6, 6.07) is 2.07. The number of carbonyl (C=O) groups excluding carboxylic acids is 2. The van der Waals surface area contributed by atoms with Crippen molar-refractivity contribution in [2.24, 2.45) is 0 Å². The molecule has 1 atom stereocenters. The first kappa shape index (κ1) is 19.9. The first-order valence-electron chi connectivity index (χ1n) is 7.19. The number of Topliss-reactive ketones (excluding diaryl/α,β-unsaturated/α-hetero) is 1. The smallest absolute Gasteiger partial charge is 0.408 e. The standard InChI is InChI=1S/C16H19ClFNO5/c1-16(2,3)24-15(23)19-12(14(21)22)4-5-13(20)9-6-10(17)8-11(18)7-9/h6-8,12H,4-5H2,1-3H3,(H,19,23)(H,21,22)/t12-/m1/s1. The molecule has 1 aromatic rings. The number of carbonyl (C=O) groups is 3. The third-order valence-electron chi connectivity index (χ3n) is 2.83. The number of hydrogen-bond acceptors (Lipinski definition) is 4. The summed E-state index contributed by atoms with van der Waals surface area (Å²) in [4.78, 5) is 34.9. The maximum absolute atomic E-state index is 13.2. The minimum atomic E-state index is -1.30. The van der Waals surface area contributed by atoms with E-state index in [2.05, 4.69) is 5.32 Å². The van der Waals surface area contributed by atoms with E-state index >= 15 is 0 Å². The number of carboxylic acids is 1. The van der Waals surface area contributed by atoms with Gasteiger partial charge in [-0.3, -0.25) is 4.79 Å². The Labute approximate surface area is 143 Å². The SMILES string of the molecule is CC(C)(C)OC(=O)N[C@H](CCC(=O)c1cc(F)cc(Cl)c1)C(=O)O. The fourth-order valence-electron chi connectivity index (χ4n) is 1.84. The highest BCUT2D eigenvalue weighted by Crippen LogP contribution is 2.16. The van der Waals surface area contributed by atoms with Crippen molar-refractivity contribution in [3.8, 4) is 0 Å². The molecule has 6 nitrogen and oxygen atoms in total. The molecule has 1 amide bonds. The number of ether oxygens (including phenoxy) is 1. The molecule has 0 unspecified atom stereocenters. The largest absolute Gasteiger partial charge is 0.480 e. The topological polar surface area (TPSA) is 92.7 Å². The minimum Gasteiger partial charge on any atom is -0.480 e. The number of hydrogen-bond donors (Lipinski definition) is 2. The lowest BCUT2D eigenvalue weighted by Crippen LogP contribution is -2.43. The van der Waals surface area contributed by atoms with Gasteiger partial charge in [-0.2, -0.15) is 0 Å². The Balaban J connectivity index is 2.68. The number of halogens is 2. The molecule has 0 spiro atoms. The summed E-state index contributed by atoms with van der Waals surface area (Å²) in [5.41, 5.74) is -0.734. The fourth-order valence-corrected chi connectivity index (χ4v) is 2.06. The van der Waals surface area contributed by atoms with Crippen molar-refractivity contribution < 1.29 is 28.6 Å². The molecule has 0 saturated carbocycles. The Morgan fingerprint density at radius 2 is 1.92 bits per heavy atom. The Morgan fingerprint density at radius 3 is 2.42 bits per heavy atom. The van der Waals surface area contributed by atoms with Crippen LogP contribution in [-0.2, 0) is 9.53 Å². The van der Waals surface area contributed by atoms with Gasteiger partial charge in [-0.05, 0) is 45.4 Å². The second kappa shape index (κ2) is 8.10. The van der Waals surface area contributed by atoms with Gasteiger partial charge in [0, 0.05) is 17.0 Å². The number of aliphatic carboxylic acids is 1. The number of amides is 1. The van der Waals surface area contributed by atoms with E-state index in [0.717, 1.165) is 12.1 Å². The molecule has 8 heteroatoms. The molecule has 0 heterocycles. The van der Waals surface area contributed by atoms with Gasteiger partial charge < -0.3 is 15.2 Å². The lowest BCUT2D eigenvalue weighted by atomic mass is 10.0. The van der Waals surface area contributed by atoms with Gasteiger partial charge in [-0.15, -0.1) is 0 Å². The molecule has 24 heavy (non-hydrogen) atoms. The number of carboxylic acid groups (broad SMARTS) is 1. The van der Waals surface area contributed by atoms with Crippen LogP contribution in [0.3, 0.4) is 0 Å². The van der Waals surface area contributed by atoms with Crippen molar-refractivity contribution >= 4 is 29.4 Å². The van der Waals surface area contributed by atoms with Crippen LogP contribution in [0.2, 0.25) is 5.02 Å². The van der Waals surface area contributed by atoms with E-state index in [1.54, 1.807) is 20.8 Å². The highest BCUT2D eigenvalue weighted by Gasteiger charge is 2.24. The maximum atomic E-state index is 13.2. The molecule has 0 bridgehead atoms. The van der Waals surface area contributed by atoms with E-state index in [4.69, 9.17) is 21.4 Å². The third-order valence-corrected chi connectivity index (χ3v) is 3.05. The second-order valence-electron chi connectivity index (χ2n) is 6.16. The molecule has 0 fully saturated rings. The van der Waals surface area contributed by atoms with Crippen LogP contribution in [0.4, 0.5) is 9.18 Å². The Hall–Kier alpha value is -2.15. The summed E-state index contributed by atoms with van der Waals surface area (Å²) in [5.74, 6) is -2.44. The molecule has 2 N–H and O–H groups in total. The predicted molar refractivity (Wildman–Crippen MR) is 85.8 cm³/mol. The molecule has 1 rings (SSSR count). The van der Waals surface area contributed by atoms with Crippen molar-refractivity contribution in [1.82, 2.24) is 5.32 Å². The molecule has 0 aliphatic heterocycles. The van der Waals surface area contributed by atoms with Gasteiger partial charge in [0.15, 0.2) is 5.78 Å². The zero-order valence-corrected chi connectivity index (χ0v) is 14.3. The van der Waals surface area contributed by atoms with Gasteiger partial charge in [-0.1, -0.05) is 11.6 Å². The molecule has 0 aliphatic rings. The van der Waals surface area contributed by atoms with Gasteiger partial charge in [0.2, 0.25) is 0 Å². The summed E-state index contributed by atoms with van der Waals surface area (Å²) in [7, 11) is 0. The summed E-state index contributed by atoms with van der Waals surface area (Å²) in [5, 5.41) is 11.4. The molecule has 132 valence electrons. The van der Waals surface area contributed by atoms with Crippen LogP contribution in [0.5, 0.6) is 0 Å². The van der Waals surface area contributed by atoms with Gasteiger partial charge in [0.1, 0.15) is 17.5 Å². The van der Waals surface area contributed by atoms with Crippen LogP contribution in [0.15, 0.2) is 18.2 Å². The van der Waals surface area contributed by atoms with Gasteiger partial charge in [0.05, 0.1) is 0 Å².